The van der Waals surface area contributed by atoms with E-state index < -0.39 is 0 Å². The summed E-state index contributed by atoms with van der Waals surface area (Å²) in [6.45, 7) is 0. The third kappa shape index (κ3) is 2.93. The number of nitrogens with zero attached hydrogens (tertiary/aromatic N) is 2. The van der Waals surface area contributed by atoms with Crippen LogP contribution in [0.1, 0.15) is 16.1 Å². The van der Waals surface area contributed by atoms with Gasteiger partial charge in [0.25, 0.3) is 5.91 Å². The van der Waals surface area contributed by atoms with E-state index in [0.717, 1.165) is 4.47 Å². The number of rotatable bonds is 2. The van der Waals surface area contributed by atoms with E-state index in [1.165, 1.54) is 0 Å². The average molecular weight is 302 g/mol. The highest BCUT2D eigenvalue weighted by Gasteiger charge is 2.07. The summed E-state index contributed by atoms with van der Waals surface area (Å²) in [5, 5.41) is 11.4. The van der Waals surface area contributed by atoms with Gasteiger partial charge in [0, 0.05) is 16.4 Å². The second-order valence-corrected chi connectivity index (χ2v) is 4.42. The van der Waals surface area contributed by atoms with Crippen molar-refractivity contribution in [3.63, 3.8) is 0 Å². The molecule has 4 nitrogen and oxygen atoms in total. The number of aromatic nitrogens is 1. The van der Waals surface area contributed by atoms with Crippen LogP contribution in [0.3, 0.4) is 0 Å². The van der Waals surface area contributed by atoms with Crippen molar-refractivity contribution in [2.45, 2.75) is 0 Å². The van der Waals surface area contributed by atoms with Crippen molar-refractivity contribution in [1.29, 1.82) is 5.26 Å². The van der Waals surface area contributed by atoms with Crippen molar-refractivity contribution >= 4 is 27.5 Å². The van der Waals surface area contributed by atoms with E-state index in [1.807, 2.05) is 6.07 Å². The molecule has 5 heteroatoms. The number of pyridine rings is 1. The molecule has 1 aromatic heterocycles. The average Bonchev–Trinajstić information content (AvgIpc) is 2.39. The number of carbonyl (C=O) groups is 1. The molecule has 2 rings (SSSR count). The van der Waals surface area contributed by atoms with E-state index in [4.69, 9.17) is 5.26 Å². The molecule has 1 amide bonds. The zero-order chi connectivity index (χ0) is 13.0. The Bertz CT molecular complexity index is 617. The lowest BCUT2D eigenvalue weighted by atomic mass is 10.2. The van der Waals surface area contributed by atoms with Crippen molar-refractivity contribution < 1.29 is 4.79 Å². The SMILES string of the molecule is N#Cc1cccc(NC(=O)c2ccc(Br)cn2)c1. The van der Waals surface area contributed by atoms with Crippen molar-refractivity contribution in [3.8, 4) is 6.07 Å². The third-order valence-corrected chi connectivity index (χ3v) is 2.68. The Morgan fingerprint density at radius 2 is 2.17 bits per heavy atom. The fourth-order valence-electron chi connectivity index (χ4n) is 1.37. The first kappa shape index (κ1) is 12.3. The monoisotopic (exact) mass is 301 g/mol. The predicted molar refractivity (Wildman–Crippen MR) is 71.0 cm³/mol. The van der Waals surface area contributed by atoms with Crippen molar-refractivity contribution in [3.05, 3.63) is 58.3 Å². The molecule has 18 heavy (non-hydrogen) atoms. The van der Waals surface area contributed by atoms with Crippen molar-refractivity contribution in [2.75, 3.05) is 5.32 Å². The maximum Gasteiger partial charge on any atom is 0.274 e. The highest BCUT2D eigenvalue weighted by atomic mass is 79.9. The Morgan fingerprint density at radius 3 is 2.83 bits per heavy atom. The number of hydrogen-bond acceptors (Lipinski definition) is 3. The van der Waals surface area contributed by atoms with Gasteiger partial charge in [-0.05, 0) is 46.3 Å². The van der Waals surface area contributed by atoms with Crippen molar-refractivity contribution in [2.24, 2.45) is 0 Å². The van der Waals surface area contributed by atoms with Gasteiger partial charge in [0.05, 0.1) is 11.6 Å². The smallest absolute Gasteiger partial charge is 0.274 e. The van der Waals surface area contributed by atoms with Gasteiger partial charge in [0.15, 0.2) is 0 Å². The maximum atomic E-state index is 11.9. The summed E-state index contributed by atoms with van der Waals surface area (Å²) in [6, 6.07) is 12.1. The van der Waals surface area contributed by atoms with Gasteiger partial charge < -0.3 is 5.32 Å². The molecule has 2 aromatic rings. The second-order valence-electron chi connectivity index (χ2n) is 3.51. The molecule has 1 N–H and O–H groups in total. The number of nitriles is 1. The van der Waals surface area contributed by atoms with Crippen LogP contribution in [0.25, 0.3) is 0 Å². The van der Waals surface area contributed by atoms with E-state index in [-0.39, 0.29) is 5.91 Å². The first-order valence-electron chi connectivity index (χ1n) is 5.12. The molecule has 0 saturated heterocycles. The topological polar surface area (TPSA) is 65.8 Å². The number of nitrogens with one attached hydrogen (secondary N) is 1. The summed E-state index contributed by atoms with van der Waals surface area (Å²) in [5.74, 6) is -0.308. The van der Waals surface area contributed by atoms with Gasteiger partial charge in [0.1, 0.15) is 5.69 Å². The molecule has 1 heterocycles. The Hall–Kier alpha value is -2.19. The molecular formula is C13H8BrN3O. The van der Waals surface area contributed by atoms with Crippen LogP contribution >= 0.6 is 15.9 Å². The van der Waals surface area contributed by atoms with Crippen LogP contribution in [-0.4, -0.2) is 10.9 Å². The molecule has 0 bridgehead atoms. The minimum atomic E-state index is -0.308. The molecule has 0 fully saturated rings. The van der Waals surface area contributed by atoms with Crippen LogP contribution in [0.5, 0.6) is 0 Å². The fourth-order valence-corrected chi connectivity index (χ4v) is 1.61. The van der Waals surface area contributed by atoms with Crippen LogP contribution in [-0.2, 0) is 0 Å². The van der Waals surface area contributed by atoms with E-state index >= 15 is 0 Å². The summed E-state index contributed by atoms with van der Waals surface area (Å²) in [7, 11) is 0. The van der Waals surface area contributed by atoms with E-state index in [0.29, 0.717) is 16.9 Å². The van der Waals surface area contributed by atoms with Crippen LogP contribution < -0.4 is 5.32 Å². The minimum Gasteiger partial charge on any atom is -0.321 e. The quantitative estimate of drug-likeness (QED) is 0.927. The Kier molecular flexibility index (Phi) is 3.70. The lowest BCUT2D eigenvalue weighted by Gasteiger charge is -2.04. The van der Waals surface area contributed by atoms with Gasteiger partial charge in [-0.25, -0.2) is 4.98 Å². The zero-order valence-corrected chi connectivity index (χ0v) is 10.8. The first-order chi connectivity index (χ1) is 8.69. The number of hydrogen-bond donors (Lipinski definition) is 1. The predicted octanol–water partition coefficient (Wildman–Crippen LogP) is 2.97. The van der Waals surface area contributed by atoms with E-state index in [2.05, 4.69) is 26.2 Å². The molecular weight excluding hydrogens is 294 g/mol. The van der Waals surface area contributed by atoms with E-state index in [1.54, 1.807) is 42.6 Å². The largest absolute Gasteiger partial charge is 0.321 e. The molecule has 0 aliphatic carbocycles. The second kappa shape index (κ2) is 5.43. The summed E-state index contributed by atoms with van der Waals surface area (Å²) in [6.07, 6.45) is 1.56. The van der Waals surface area contributed by atoms with Gasteiger partial charge in [0.2, 0.25) is 0 Å². The first-order valence-corrected chi connectivity index (χ1v) is 5.91. The van der Waals surface area contributed by atoms with Gasteiger partial charge in [-0.15, -0.1) is 0 Å². The fraction of sp³-hybridized carbons (Fsp3) is 0. The van der Waals surface area contributed by atoms with Gasteiger partial charge in [-0.1, -0.05) is 6.07 Å². The third-order valence-electron chi connectivity index (χ3n) is 2.21. The summed E-state index contributed by atoms with van der Waals surface area (Å²) >= 11 is 3.25. The van der Waals surface area contributed by atoms with Gasteiger partial charge >= 0.3 is 0 Å². The number of amides is 1. The van der Waals surface area contributed by atoms with Crippen LogP contribution in [0.2, 0.25) is 0 Å². The molecule has 1 aromatic carbocycles. The highest BCUT2D eigenvalue weighted by Crippen LogP contribution is 2.12. The van der Waals surface area contributed by atoms with Crippen LogP contribution in [0.4, 0.5) is 5.69 Å². The maximum absolute atomic E-state index is 11.9. The lowest BCUT2D eigenvalue weighted by Crippen LogP contribution is -2.13. The van der Waals surface area contributed by atoms with Gasteiger partial charge in [-0.2, -0.15) is 5.26 Å². The molecule has 0 aliphatic heterocycles. The number of anilines is 1. The number of benzene rings is 1. The van der Waals surface area contributed by atoms with Crippen molar-refractivity contribution in [1.82, 2.24) is 4.98 Å². The summed E-state index contributed by atoms with van der Waals surface area (Å²) < 4.78 is 0.811. The molecule has 0 aliphatic rings. The normalized spacial score (nSPS) is 9.56. The molecule has 88 valence electrons. The highest BCUT2D eigenvalue weighted by molar-refractivity contribution is 9.10. The Labute approximate surface area is 112 Å². The molecule has 0 saturated carbocycles. The lowest BCUT2D eigenvalue weighted by molar-refractivity contribution is 0.102. The molecule has 0 radical (unpaired) electrons. The molecule has 0 unspecified atom stereocenters. The van der Waals surface area contributed by atoms with Crippen LogP contribution in [0, 0.1) is 11.3 Å². The summed E-state index contributed by atoms with van der Waals surface area (Å²) in [4.78, 5) is 15.8. The van der Waals surface area contributed by atoms with Crippen LogP contribution in [0.15, 0.2) is 47.1 Å². The standard InChI is InChI=1S/C13H8BrN3O/c14-10-4-5-12(16-8-10)13(18)17-11-3-1-2-9(6-11)7-15/h1-6,8H,(H,17,18). The minimum absolute atomic E-state index is 0.308. The van der Waals surface area contributed by atoms with E-state index in [9.17, 15) is 4.79 Å². The molecule has 0 spiro atoms. The summed E-state index contributed by atoms with van der Waals surface area (Å²) in [5.41, 5.74) is 1.39. The van der Waals surface area contributed by atoms with Gasteiger partial charge in [-0.3, -0.25) is 4.79 Å². The number of halogens is 1. The zero-order valence-electron chi connectivity index (χ0n) is 9.22. The molecule has 0 atom stereocenters. The Balaban J connectivity index is 2.16. The Morgan fingerprint density at radius 1 is 1.33 bits per heavy atom. The number of carbonyl (C=O) groups excluding carboxylic acids is 1.